The predicted molar refractivity (Wildman–Crippen MR) is 126 cm³/mol. The maximum absolute atomic E-state index is 13.7. The molecular formula is C24H19F6N7O2. The van der Waals surface area contributed by atoms with Gasteiger partial charge in [0.15, 0.2) is 11.5 Å². The second kappa shape index (κ2) is 8.81. The SMILES string of the molecule is COc1cn2cc(-c3nc(N)c4c(n3)NC(=O)C4(C)c3ccc(F)cc3)nc(CCC(F)(F)C(F)(F)F)c2n1. The van der Waals surface area contributed by atoms with Gasteiger partial charge in [0.05, 0.1) is 24.6 Å². The van der Waals surface area contributed by atoms with E-state index in [0.717, 1.165) is 0 Å². The van der Waals surface area contributed by atoms with Gasteiger partial charge in [0.1, 0.15) is 28.6 Å². The molecule has 1 aromatic carbocycles. The molecule has 0 bridgehead atoms. The lowest BCUT2D eigenvalue weighted by Gasteiger charge is -2.23. The van der Waals surface area contributed by atoms with E-state index in [4.69, 9.17) is 10.5 Å². The van der Waals surface area contributed by atoms with Crippen LogP contribution in [0.2, 0.25) is 0 Å². The average Bonchev–Trinajstić information content (AvgIpc) is 3.40. The van der Waals surface area contributed by atoms with E-state index in [1.165, 1.54) is 48.2 Å². The quantitative estimate of drug-likeness (QED) is 0.343. The largest absolute Gasteiger partial charge is 0.480 e. The number of nitrogens with one attached hydrogen (secondary N) is 1. The Bertz CT molecular complexity index is 1600. The molecule has 3 aromatic heterocycles. The molecule has 5 rings (SSSR count). The summed E-state index contributed by atoms with van der Waals surface area (Å²) >= 11 is 0. The van der Waals surface area contributed by atoms with E-state index < -0.39 is 42.1 Å². The molecule has 39 heavy (non-hydrogen) atoms. The lowest BCUT2D eigenvalue weighted by molar-refractivity contribution is -0.284. The number of hydrogen-bond acceptors (Lipinski definition) is 7. The Balaban J connectivity index is 1.60. The zero-order valence-electron chi connectivity index (χ0n) is 20.3. The molecule has 9 nitrogen and oxygen atoms in total. The number of nitrogens with zero attached hydrogens (tertiary/aromatic N) is 5. The van der Waals surface area contributed by atoms with E-state index in [-0.39, 0.29) is 45.9 Å². The van der Waals surface area contributed by atoms with Crippen LogP contribution >= 0.6 is 0 Å². The van der Waals surface area contributed by atoms with E-state index >= 15 is 0 Å². The van der Waals surface area contributed by atoms with E-state index in [0.29, 0.717) is 5.56 Å². The smallest absolute Gasteiger partial charge is 0.453 e. The van der Waals surface area contributed by atoms with E-state index in [1.807, 2.05) is 0 Å². The molecule has 4 aromatic rings. The molecule has 4 heterocycles. The van der Waals surface area contributed by atoms with E-state index in [1.54, 1.807) is 6.92 Å². The molecule has 204 valence electrons. The molecule has 1 unspecified atom stereocenters. The number of amides is 1. The maximum Gasteiger partial charge on any atom is 0.453 e. The molecule has 0 aliphatic carbocycles. The fourth-order valence-corrected chi connectivity index (χ4v) is 4.41. The molecule has 0 saturated heterocycles. The van der Waals surface area contributed by atoms with Crippen LogP contribution in [0.4, 0.5) is 38.0 Å². The van der Waals surface area contributed by atoms with Crippen LogP contribution in [-0.4, -0.2) is 49.5 Å². The van der Waals surface area contributed by atoms with Crippen molar-refractivity contribution < 1.29 is 35.9 Å². The summed E-state index contributed by atoms with van der Waals surface area (Å²) in [5.74, 6) is -6.09. The van der Waals surface area contributed by atoms with Crippen molar-refractivity contribution in [1.29, 1.82) is 0 Å². The standard InChI is InChI=1S/C24H19F6N7O2/c1-22(11-3-5-12(25)6-4-11)16-17(31)34-18(35-19(16)36-21(22)38)14-9-37-10-15(39-2)33-20(37)13(32-14)7-8-23(26,27)24(28,29)30/h3-6,9-10H,7-8H2,1-2H3,(H3,31,34,35,36,38). The maximum atomic E-state index is 13.7. The lowest BCUT2D eigenvalue weighted by atomic mass is 9.78. The number of carbonyl (C=O) groups excluding carboxylic acids is 1. The van der Waals surface area contributed by atoms with Crippen molar-refractivity contribution >= 4 is 23.2 Å². The fraction of sp³-hybridized carbons (Fsp3) is 0.292. The van der Waals surface area contributed by atoms with Crippen LogP contribution in [0.25, 0.3) is 17.2 Å². The minimum absolute atomic E-state index is 0.0000980. The summed E-state index contributed by atoms with van der Waals surface area (Å²) in [5, 5.41) is 2.62. The number of aryl methyl sites for hydroxylation is 1. The second-order valence-electron chi connectivity index (χ2n) is 9.03. The number of aromatic nitrogens is 5. The van der Waals surface area contributed by atoms with Gasteiger partial charge in [-0.25, -0.2) is 19.3 Å². The number of methoxy groups -OCH3 is 1. The topological polar surface area (TPSA) is 120 Å². The number of carbonyl (C=O) groups is 1. The molecule has 3 N–H and O–H groups in total. The third kappa shape index (κ3) is 4.27. The summed E-state index contributed by atoms with van der Waals surface area (Å²) in [5.41, 5.74) is 5.33. The predicted octanol–water partition coefficient (Wildman–Crippen LogP) is 4.30. The first-order valence-electron chi connectivity index (χ1n) is 11.4. The van der Waals surface area contributed by atoms with Gasteiger partial charge in [-0.05, 0) is 31.0 Å². The normalized spacial score (nSPS) is 17.4. The summed E-state index contributed by atoms with van der Waals surface area (Å²) in [6.07, 6.45) is -5.36. The number of benzene rings is 1. The molecule has 1 aliphatic rings. The summed E-state index contributed by atoms with van der Waals surface area (Å²) in [6.45, 7) is 1.57. The van der Waals surface area contributed by atoms with E-state index in [9.17, 15) is 31.1 Å². The number of nitrogen functional groups attached to an aromatic ring is 1. The molecular weight excluding hydrogens is 532 g/mol. The molecule has 1 aliphatic heterocycles. The first-order valence-corrected chi connectivity index (χ1v) is 11.4. The van der Waals surface area contributed by atoms with Crippen molar-refractivity contribution in [2.24, 2.45) is 0 Å². The Morgan fingerprint density at radius 3 is 2.38 bits per heavy atom. The highest BCUT2D eigenvalue weighted by Gasteiger charge is 2.56. The van der Waals surface area contributed by atoms with Crippen LogP contribution in [0.3, 0.4) is 0 Å². The van der Waals surface area contributed by atoms with Gasteiger partial charge in [-0.3, -0.25) is 9.20 Å². The van der Waals surface area contributed by atoms with Crippen molar-refractivity contribution in [3.05, 3.63) is 59.3 Å². The highest BCUT2D eigenvalue weighted by Crippen LogP contribution is 2.45. The number of hydrogen-bond donors (Lipinski definition) is 2. The van der Waals surface area contributed by atoms with Gasteiger partial charge in [-0.2, -0.15) is 26.9 Å². The monoisotopic (exact) mass is 551 g/mol. The number of ether oxygens (including phenoxy) is 1. The number of halogens is 6. The van der Waals surface area contributed by atoms with Gasteiger partial charge in [-0.15, -0.1) is 0 Å². The van der Waals surface area contributed by atoms with Crippen molar-refractivity contribution in [2.75, 3.05) is 18.2 Å². The third-order valence-electron chi connectivity index (χ3n) is 6.56. The minimum Gasteiger partial charge on any atom is -0.480 e. The van der Waals surface area contributed by atoms with Gasteiger partial charge >= 0.3 is 12.1 Å². The zero-order valence-corrected chi connectivity index (χ0v) is 20.3. The molecule has 1 atom stereocenters. The van der Waals surface area contributed by atoms with E-state index in [2.05, 4.69) is 25.3 Å². The molecule has 1 amide bonds. The van der Waals surface area contributed by atoms with Crippen molar-refractivity contribution in [1.82, 2.24) is 24.3 Å². The van der Waals surface area contributed by atoms with Crippen LogP contribution in [0.5, 0.6) is 5.88 Å². The second-order valence-corrected chi connectivity index (χ2v) is 9.03. The first-order chi connectivity index (χ1) is 18.2. The Hall–Kier alpha value is -4.43. The number of rotatable bonds is 6. The highest BCUT2D eigenvalue weighted by molar-refractivity contribution is 6.09. The van der Waals surface area contributed by atoms with Gasteiger partial charge < -0.3 is 15.8 Å². The summed E-state index contributed by atoms with van der Waals surface area (Å²) in [7, 11) is 1.30. The van der Waals surface area contributed by atoms with Crippen LogP contribution in [0.15, 0.2) is 36.7 Å². The number of nitrogens with two attached hydrogens (primary N) is 1. The molecule has 0 radical (unpaired) electrons. The summed E-state index contributed by atoms with van der Waals surface area (Å²) < 4.78 is 85.5. The van der Waals surface area contributed by atoms with Crippen LogP contribution in [0, 0.1) is 5.82 Å². The Kier molecular flexibility index (Phi) is 5.92. The van der Waals surface area contributed by atoms with Crippen LogP contribution in [-0.2, 0) is 16.6 Å². The number of imidazole rings is 1. The summed E-state index contributed by atoms with van der Waals surface area (Å²) in [6, 6.07) is 5.25. The average molecular weight is 551 g/mol. The Morgan fingerprint density at radius 2 is 1.74 bits per heavy atom. The molecule has 0 saturated carbocycles. The first kappa shape index (κ1) is 26.2. The van der Waals surface area contributed by atoms with Gasteiger partial charge in [0, 0.05) is 12.6 Å². The van der Waals surface area contributed by atoms with Gasteiger partial charge in [0.2, 0.25) is 11.8 Å². The highest BCUT2D eigenvalue weighted by atomic mass is 19.4. The van der Waals surface area contributed by atoms with Crippen molar-refractivity contribution in [3.63, 3.8) is 0 Å². The van der Waals surface area contributed by atoms with Crippen molar-refractivity contribution in [2.45, 2.75) is 37.3 Å². The number of fused-ring (bicyclic) bond motifs is 2. The number of alkyl halides is 5. The lowest BCUT2D eigenvalue weighted by Crippen LogP contribution is -2.36. The van der Waals surface area contributed by atoms with Crippen LogP contribution in [0.1, 0.15) is 30.2 Å². The van der Waals surface area contributed by atoms with Gasteiger partial charge in [0.25, 0.3) is 0 Å². The van der Waals surface area contributed by atoms with Crippen molar-refractivity contribution in [3.8, 4) is 17.4 Å². The minimum atomic E-state index is -5.74. The summed E-state index contributed by atoms with van der Waals surface area (Å²) in [4.78, 5) is 29.9. The molecule has 0 spiro atoms. The third-order valence-corrected chi connectivity index (χ3v) is 6.56. The van der Waals surface area contributed by atoms with Gasteiger partial charge in [-0.1, -0.05) is 12.1 Å². The Morgan fingerprint density at radius 1 is 1.05 bits per heavy atom. The molecule has 0 fully saturated rings. The van der Waals surface area contributed by atoms with Crippen LogP contribution < -0.4 is 15.8 Å². The fourth-order valence-electron chi connectivity index (χ4n) is 4.41. The zero-order chi connectivity index (χ0) is 28.3. The number of anilines is 2. The Labute approximate surface area is 216 Å². The molecule has 15 heteroatoms.